The zero-order valence-corrected chi connectivity index (χ0v) is 4.73. The van der Waals surface area contributed by atoms with Gasteiger partial charge in [0.25, 0.3) is 5.85 Å². The highest BCUT2D eigenvalue weighted by atomic mass is 19.2. The molecular weight excluding hydrogens is 134 g/mol. The van der Waals surface area contributed by atoms with E-state index in [1.165, 1.54) is 0 Å². The van der Waals surface area contributed by atoms with E-state index in [9.17, 15) is 13.6 Å². The average molecular weight is 140 g/mol. The van der Waals surface area contributed by atoms with Crippen molar-refractivity contribution in [1.29, 1.82) is 0 Å². The van der Waals surface area contributed by atoms with E-state index in [-0.39, 0.29) is 0 Å². The van der Waals surface area contributed by atoms with Gasteiger partial charge in [0.1, 0.15) is 0 Å². The van der Waals surface area contributed by atoms with Crippen LogP contribution in [0.15, 0.2) is 0 Å². The number of hydrogen-bond acceptors (Lipinski definition) is 2. The summed E-state index contributed by atoms with van der Waals surface area (Å²) in [6.07, 6.45) is -1.82. The van der Waals surface area contributed by atoms with E-state index in [1.807, 2.05) is 0 Å². The van der Waals surface area contributed by atoms with Crippen molar-refractivity contribution in [2.24, 2.45) is 0 Å². The minimum Gasteiger partial charge on any atom is -0.450 e. The first-order valence-electron chi connectivity index (χ1n) is 2.15. The topological polar surface area (TPSA) is 46.5 Å². The molecule has 3 nitrogen and oxygen atoms in total. The van der Waals surface area contributed by atoms with E-state index in [4.69, 9.17) is 5.11 Å². The summed E-state index contributed by atoms with van der Waals surface area (Å²) in [5.41, 5.74) is 0. The van der Waals surface area contributed by atoms with Crippen molar-refractivity contribution in [3.8, 4) is 0 Å². The van der Waals surface area contributed by atoms with E-state index in [0.717, 1.165) is 0 Å². The number of hydrogen-bond donors (Lipinski definition) is 1. The molecule has 9 heavy (non-hydrogen) atoms. The maximum atomic E-state index is 12.1. The first-order valence-corrected chi connectivity index (χ1v) is 2.15. The minimum absolute atomic E-state index is 0.696. The molecule has 0 bridgehead atoms. The third-order valence-corrected chi connectivity index (χ3v) is 0.539. The molecule has 0 aromatic carbocycles. The van der Waals surface area contributed by atoms with Crippen molar-refractivity contribution in [2.45, 2.75) is 12.8 Å². The lowest BCUT2D eigenvalue weighted by molar-refractivity contribution is -0.110. The van der Waals surface area contributed by atoms with Gasteiger partial charge in [0, 0.05) is 6.92 Å². The number of alkyl halides is 2. The number of carbonyl (C=O) groups is 1. The third kappa shape index (κ3) is 3.69. The predicted octanol–water partition coefficient (Wildman–Crippen LogP) is 1.34. The van der Waals surface area contributed by atoms with Crippen LogP contribution in [-0.2, 0) is 4.74 Å². The number of carboxylic acid groups (broad SMARTS) is 1. The molecule has 5 heteroatoms. The average Bonchev–Trinajstić information content (AvgIpc) is 1.63. The van der Waals surface area contributed by atoms with Crippen molar-refractivity contribution in [1.82, 2.24) is 0 Å². The number of rotatable bonds is 2. The Kier molecular flexibility index (Phi) is 2.36. The summed E-state index contributed by atoms with van der Waals surface area (Å²) in [5.74, 6) is -2.70. The molecule has 1 unspecified atom stereocenters. The van der Waals surface area contributed by atoms with E-state index in [1.54, 1.807) is 0 Å². The Bertz CT molecular complexity index is 112. The fourth-order valence-electron chi connectivity index (χ4n) is 0.209. The Balaban J connectivity index is 3.71. The quantitative estimate of drug-likeness (QED) is 0.588. The van der Waals surface area contributed by atoms with E-state index >= 15 is 0 Å². The Morgan fingerprint density at radius 1 is 1.89 bits per heavy atom. The fourth-order valence-corrected chi connectivity index (χ4v) is 0.209. The van der Waals surface area contributed by atoms with Crippen molar-refractivity contribution in [3.63, 3.8) is 0 Å². The molecule has 0 fully saturated rings. The second-order valence-corrected chi connectivity index (χ2v) is 1.60. The van der Waals surface area contributed by atoms with E-state index in [2.05, 4.69) is 4.74 Å². The highest BCUT2D eigenvalue weighted by molar-refractivity contribution is 5.57. The molecule has 0 aromatic heterocycles. The highest BCUT2D eigenvalue weighted by Crippen LogP contribution is 2.11. The summed E-state index contributed by atoms with van der Waals surface area (Å²) < 4.78 is 26.9. The lowest BCUT2D eigenvalue weighted by atomic mass is 10.4. The predicted molar refractivity (Wildman–Crippen MR) is 24.6 cm³/mol. The van der Waals surface area contributed by atoms with E-state index in [0.29, 0.717) is 6.92 Å². The van der Waals surface area contributed by atoms with Crippen LogP contribution in [0.3, 0.4) is 0 Å². The van der Waals surface area contributed by atoms with Crippen molar-refractivity contribution in [3.05, 3.63) is 0 Å². The molecule has 0 spiro atoms. The molecule has 0 saturated heterocycles. The molecule has 0 saturated carbocycles. The highest BCUT2D eigenvalue weighted by Gasteiger charge is 2.27. The number of ether oxygens (including phenoxy) is 1. The normalized spacial score (nSPS) is 16.3. The van der Waals surface area contributed by atoms with Gasteiger partial charge in [0.2, 0.25) is 0 Å². The van der Waals surface area contributed by atoms with Crippen LogP contribution in [0.2, 0.25) is 0 Å². The van der Waals surface area contributed by atoms with Gasteiger partial charge in [0.05, 0.1) is 0 Å². The van der Waals surface area contributed by atoms with E-state index < -0.39 is 18.7 Å². The Morgan fingerprint density at radius 2 is 2.33 bits per heavy atom. The zero-order valence-electron chi connectivity index (χ0n) is 4.73. The van der Waals surface area contributed by atoms with Crippen molar-refractivity contribution >= 4 is 6.16 Å². The lowest BCUT2D eigenvalue weighted by Gasteiger charge is -2.13. The third-order valence-electron chi connectivity index (χ3n) is 0.539. The molecule has 0 heterocycles. The van der Waals surface area contributed by atoms with Crippen LogP contribution in [0.5, 0.6) is 0 Å². The van der Waals surface area contributed by atoms with Crippen molar-refractivity contribution in [2.75, 3.05) is 6.67 Å². The second kappa shape index (κ2) is 2.61. The number of halogens is 2. The summed E-state index contributed by atoms with van der Waals surface area (Å²) >= 11 is 0. The SMILES string of the molecule is CC(F)(CF)OC(=O)O. The van der Waals surface area contributed by atoms with Crippen LogP contribution in [-0.4, -0.2) is 23.8 Å². The van der Waals surface area contributed by atoms with Crippen LogP contribution < -0.4 is 0 Å². The Morgan fingerprint density at radius 3 is 2.44 bits per heavy atom. The smallest absolute Gasteiger partial charge is 0.450 e. The van der Waals surface area contributed by atoms with Gasteiger partial charge in [-0.3, -0.25) is 0 Å². The van der Waals surface area contributed by atoms with Gasteiger partial charge >= 0.3 is 6.16 Å². The van der Waals surface area contributed by atoms with Gasteiger partial charge in [-0.15, -0.1) is 0 Å². The van der Waals surface area contributed by atoms with Gasteiger partial charge < -0.3 is 9.84 Å². The molecule has 0 aromatic rings. The molecule has 0 aliphatic rings. The first kappa shape index (κ1) is 8.13. The first-order chi connectivity index (χ1) is 3.98. The van der Waals surface area contributed by atoms with Gasteiger partial charge in [-0.2, -0.15) is 4.39 Å². The largest absolute Gasteiger partial charge is 0.508 e. The van der Waals surface area contributed by atoms with Crippen LogP contribution in [0.25, 0.3) is 0 Å². The molecule has 1 N–H and O–H groups in total. The zero-order chi connectivity index (χ0) is 7.49. The summed E-state index contributed by atoms with van der Waals surface area (Å²) in [4.78, 5) is 9.54. The minimum atomic E-state index is -2.70. The Hall–Kier alpha value is -0.870. The monoisotopic (exact) mass is 140 g/mol. The lowest BCUT2D eigenvalue weighted by Crippen LogP contribution is -2.27. The summed E-state index contributed by atoms with van der Waals surface area (Å²) in [6, 6.07) is 0. The second-order valence-electron chi connectivity index (χ2n) is 1.60. The Labute approximate surface area is 50.2 Å². The van der Waals surface area contributed by atoms with Crippen LogP contribution in [0, 0.1) is 0 Å². The molecular formula is C4H6F2O3. The van der Waals surface area contributed by atoms with Crippen LogP contribution in [0.4, 0.5) is 13.6 Å². The van der Waals surface area contributed by atoms with Gasteiger partial charge in [-0.1, -0.05) is 0 Å². The van der Waals surface area contributed by atoms with Crippen LogP contribution in [0.1, 0.15) is 6.92 Å². The van der Waals surface area contributed by atoms with Gasteiger partial charge in [-0.25, -0.2) is 9.18 Å². The molecule has 54 valence electrons. The summed E-state index contributed by atoms with van der Waals surface area (Å²) in [5, 5.41) is 7.75. The van der Waals surface area contributed by atoms with Crippen LogP contribution >= 0.6 is 0 Å². The van der Waals surface area contributed by atoms with Crippen molar-refractivity contribution < 1.29 is 23.4 Å². The molecule has 0 amide bonds. The summed E-state index contributed by atoms with van der Waals surface area (Å²) in [6.45, 7) is -0.777. The van der Waals surface area contributed by atoms with Gasteiger partial charge in [0.15, 0.2) is 6.67 Å². The maximum Gasteiger partial charge on any atom is 0.508 e. The molecule has 0 rings (SSSR count). The molecule has 0 radical (unpaired) electrons. The summed E-state index contributed by atoms with van der Waals surface area (Å²) in [7, 11) is 0. The standard InChI is InChI=1S/C4H6F2O3/c1-4(6,2-5)9-3(7)8/h2H2,1H3,(H,7,8). The molecule has 0 aliphatic heterocycles. The molecule has 0 aliphatic carbocycles. The van der Waals surface area contributed by atoms with Gasteiger partial charge in [-0.05, 0) is 0 Å². The fraction of sp³-hybridized carbons (Fsp3) is 0.750. The maximum absolute atomic E-state index is 12.1. The molecule has 1 atom stereocenters.